The number of hydrogen-bond acceptors (Lipinski definition) is 1. The van der Waals surface area contributed by atoms with Gasteiger partial charge in [0.1, 0.15) is 0 Å². The molecule has 0 aliphatic rings. The topological polar surface area (TPSA) is 29.1 Å². The number of hydrogen-bond donors (Lipinski definition) is 1. The molecule has 0 radical (unpaired) electrons. The number of benzene rings is 1. The molecule has 2 nitrogen and oxygen atoms in total. The molecule has 3 heteroatoms. The van der Waals surface area contributed by atoms with E-state index in [1.807, 2.05) is 31.2 Å². The summed E-state index contributed by atoms with van der Waals surface area (Å²) in [7, 11) is 0. The first-order chi connectivity index (χ1) is 7.56. The molecule has 0 fully saturated rings. The molecular formula is C13H18ClNO. The summed E-state index contributed by atoms with van der Waals surface area (Å²) in [6, 6.07) is 7.49. The molecular weight excluding hydrogens is 222 g/mol. The number of carbonyl (C=O) groups excluding carboxylic acids is 1. The molecule has 0 aromatic heterocycles. The minimum Gasteiger partial charge on any atom is -0.356 e. The van der Waals surface area contributed by atoms with Gasteiger partial charge < -0.3 is 5.32 Å². The minimum absolute atomic E-state index is 0.0832. The molecule has 0 saturated carbocycles. The number of likely N-dealkylation sites (N-methyl/N-ethyl adjacent to an activating group) is 1. The summed E-state index contributed by atoms with van der Waals surface area (Å²) in [6.07, 6.45) is 0. The van der Waals surface area contributed by atoms with E-state index in [1.54, 1.807) is 0 Å². The lowest BCUT2D eigenvalue weighted by Gasteiger charge is -2.20. The molecule has 88 valence electrons. The van der Waals surface area contributed by atoms with E-state index in [-0.39, 0.29) is 17.7 Å². The number of rotatable bonds is 4. The molecule has 1 aromatic carbocycles. The van der Waals surface area contributed by atoms with Crippen molar-refractivity contribution in [2.45, 2.75) is 26.7 Å². The molecule has 1 unspecified atom stereocenters. The molecule has 1 aromatic rings. The summed E-state index contributed by atoms with van der Waals surface area (Å²) in [5, 5.41) is 3.56. The van der Waals surface area contributed by atoms with Crippen LogP contribution in [0.4, 0.5) is 0 Å². The molecule has 1 atom stereocenters. The zero-order chi connectivity index (χ0) is 12.1. The molecule has 1 amide bonds. The lowest BCUT2D eigenvalue weighted by molar-refractivity contribution is -0.123. The largest absolute Gasteiger partial charge is 0.356 e. The van der Waals surface area contributed by atoms with Crippen molar-refractivity contribution in [3.05, 3.63) is 34.9 Å². The summed E-state index contributed by atoms with van der Waals surface area (Å²) in [5.41, 5.74) is 1.02. The molecule has 0 spiro atoms. The minimum atomic E-state index is -0.0998. The van der Waals surface area contributed by atoms with E-state index in [0.29, 0.717) is 11.6 Å². The van der Waals surface area contributed by atoms with E-state index >= 15 is 0 Å². The van der Waals surface area contributed by atoms with Crippen LogP contribution in [-0.4, -0.2) is 12.5 Å². The first-order valence-electron chi connectivity index (χ1n) is 5.59. The van der Waals surface area contributed by atoms with Gasteiger partial charge in [0.25, 0.3) is 0 Å². The van der Waals surface area contributed by atoms with E-state index in [4.69, 9.17) is 11.6 Å². The Labute approximate surface area is 102 Å². The van der Waals surface area contributed by atoms with Gasteiger partial charge in [-0.15, -0.1) is 0 Å². The van der Waals surface area contributed by atoms with Gasteiger partial charge in [0.2, 0.25) is 5.91 Å². The van der Waals surface area contributed by atoms with Crippen LogP contribution >= 0.6 is 11.6 Å². The summed E-state index contributed by atoms with van der Waals surface area (Å²) in [5.74, 6) is 0.254. The molecule has 0 bridgehead atoms. The number of halogens is 1. The normalized spacial score (nSPS) is 12.6. The lowest BCUT2D eigenvalue weighted by atomic mass is 9.88. The van der Waals surface area contributed by atoms with Crippen LogP contribution in [0.5, 0.6) is 0 Å². The first kappa shape index (κ1) is 13.0. The SMILES string of the molecule is CCNC(=O)C(c1ccc(Cl)cc1)C(C)C. The zero-order valence-electron chi connectivity index (χ0n) is 9.96. The fourth-order valence-electron chi connectivity index (χ4n) is 1.79. The second-order valence-electron chi connectivity index (χ2n) is 4.17. The van der Waals surface area contributed by atoms with Gasteiger partial charge in [-0.1, -0.05) is 37.6 Å². The summed E-state index contributed by atoms with van der Waals surface area (Å²) < 4.78 is 0. The zero-order valence-corrected chi connectivity index (χ0v) is 10.7. The van der Waals surface area contributed by atoms with Crippen LogP contribution in [0.1, 0.15) is 32.3 Å². The van der Waals surface area contributed by atoms with E-state index < -0.39 is 0 Å². The van der Waals surface area contributed by atoms with Gasteiger partial charge in [-0.3, -0.25) is 4.79 Å². The third-order valence-corrected chi connectivity index (χ3v) is 2.78. The maximum Gasteiger partial charge on any atom is 0.227 e. The highest BCUT2D eigenvalue weighted by atomic mass is 35.5. The highest BCUT2D eigenvalue weighted by Gasteiger charge is 2.23. The number of carbonyl (C=O) groups is 1. The second kappa shape index (κ2) is 5.90. The van der Waals surface area contributed by atoms with Crippen molar-refractivity contribution >= 4 is 17.5 Å². The van der Waals surface area contributed by atoms with Crippen molar-refractivity contribution in [2.75, 3.05) is 6.54 Å². The predicted molar refractivity (Wildman–Crippen MR) is 67.7 cm³/mol. The van der Waals surface area contributed by atoms with E-state index in [0.717, 1.165) is 5.56 Å². The van der Waals surface area contributed by atoms with Gasteiger partial charge in [0.05, 0.1) is 5.92 Å². The van der Waals surface area contributed by atoms with E-state index in [1.165, 1.54) is 0 Å². The van der Waals surface area contributed by atoms with Crippen LogP contribution in [0, 0.1) is 5.92 Å². The summed E-state index contributed by atoms with van der Waals surface area (Å²) in [6.45, 7) is 6.69. The third kappa shape index (κ3) is 3.24. The maximum atomic E-state index is 11.9. The Bertz CT molecular complexity index is 345. The summed E-state index contributed by atoms with van der Waals surface area (Å²) >= 11 is 5.84. The van der Waals surface area contributed by atoms with Crippen molar-refractivity contribution in [1.82, 2.24) is 5.32 Å². The standard InChI is InChI=1S/C13H18ClNO/c1-4-15-13(16)12(9(2)3)10-5-7-11(14)8-6-10/h5-9,12H,4H2,1-3H3,(H,15,16). The Balaban J connectivity index is 2.93. The Morgan fingerprint density at radius 2 is 1.88 bits per heavy atom. The molecule has 1 N–H and O–H groups in total. The molecule has 1 rings (SSSR count). The highest BCUT2D eigenvalue weighted by molar-refractivity contribution is 6.30. The van der Waals surface area contributed by atoms with Gasteiger partial charge in [-0.25, -0.2) is 0 Å². The van der Waals surface area contributed by atoms with Crippen LogP contribution in [-0.2, 0) is 4.79 Å². The smallest absolute Gasteiger partial charge is 0.227 e. The van der Waals surface area contributed by atoms with Gasteiger partial charge in [0.15, 0.2) is 0 Å². The van der Waals surface area contributed by atoms with Crippen LogP contribution in [0.25, 0.3) is 0 Å². The first-order valence-corrected chi connectivity index (χ1v) is 5.97. The van der Waals surface area contributed by atoms with Gasteiger partial charge in [0, 0.05) is 11.6 Å². The second-order valence-corrected chi connectivity index (χ2v) is 4.60. The van der Waals surface area contributed by atoms with Crippen molar-refractivity contribution in [2.24, 2.45) is 5.92 Å². The van der Waals surface area contributed by atoms with Crippen molar-refractivity contribution in [1.29, 1.82) is 0 Å². The van der Waals surface area contributed by atoms with E-state index in [2.05, 4.69) is 19.2 Å². The molecule has 0 aliphatic carbocycles. The van der Waals surface area contributed by atoms with Crippen LogP contribution in [0.3, 0.4) is 0 Å². The molecule has 0 aliphatic heterocycles. The third-order valence-electron chi connectivity index (χ3n) is 2.53. The lowest BCUT2D eigenvalue weighted by Crippen LogP contribution is -2.31. The molecule has 16 heavy (non-hydrogen) atoms. The number of nitrogens with one attached hydrogen (secondary N) is 1. The van der Waals surface area contributed by atoms with Crippen LogP contribution in [0.15, 0.2) is 24.3 Å². The summed E-state index contributed by atoms with van der Waals surface area (Å²) in [4.78, 5) is 11.9. The average Bonchev–Trinajstić information content (AvgIpc) is 2.21. The fourth-order valence-corrected chi connectivity index (χ4v) is 1.92. The Morgan fingerprint density at radius 1 is 1.31 bits per heavy atom. The highest BCUT2D eigenvalue weighted by Crippen LogP contribution is 2.25. The van der Waals surface area contributed by atoms with Crippen LogP contribution in [0.2, 0.25) is 5.02 Å². The van der Waals surface area contributed by atoms with Gasteiger partial charge in [-0.05, 0) is 30.5 Å². The average molecular weight is 240 g/mol. The Hall–Kier alpha value is -1.02. The van der Waals surface area contributed by atoms with Gasteiger partial charge in [-0.2, -0.15) is 0 Å². The fraction of sp³-hybridized carbons (Fsp3) is 0.462. The van der Waals surface area contributed by atoms with E-state index in [9.17, 15) is 4.79 Å². The predicted octanol–water partition coefficient (Wildman–Crippen LogP) is 3.22. The monoisotopic (exact) mass is 239 g/mol. The number of amides is 1. The maximum absolute atomic E-state index is 11.9. The molecule has 0 heterocycles. The molecule has 0 saturated heterocycles. The van der Waals surface area contributed by atoms with Crippen LogP contribution < -0.4 is 5.32 Å². The van der Waals surface area contributed by atoms with Crippen molar-refractivity contribution in [3.63, 3.8) is 0 Å². The Morgan fingerprint density at radius 3 is 2.31 bits per heavy atom. The van der Waals surface area contributed by atoms with Crippen molar-refractivity contribution in [3.8, 4) is 0 Å². The van der Waals surface area contributed by atoms with Gasteiger partial charge >= 0.3 is 0 Å². The van der Waals surface area contributed by atoms with Crippen molar-refractivity contribution < 1.29 is 4.79 Å². The Kier molecular flexibility index (Phi) is 4.81. The quantitative estimate of drug-likeness (QED) is 0.859.